The van der Waals surface area contributed by atoms with E-state index >= 15 is 0 Å². The van der Waals surface area contributed by atoms with Gasteiger partial charge < -0.3 is 11.1 Å². The van der Waals surface area contributed by atoms with E-state index in [1.165, 1.54) is 25.7 Å². The monoisotopic (exact) mass is 254 g/mol. The van der Waals surface area contributed by atoms with E-state index in [1.54, 1.807) is 0 Å². The van der Waals surface area contributed by atoms with Crippen molar-refractivity contribution in [3.8, 4) is 0 Å². The van der Waals surface area contributed by atoms with Gasteiger partial charge in [-0.05, 0) is 44.1 Å². The van der Waals surface area contributed by atoms with Crippen LogP contribution in [-0.2, 0) is 4.79 Å². The molecule has 0 heterocycles. The summed E-state index contributed by atoms with van der Waals surface area (Å²) < 4.78 is 0. The normalized spacial score (nSPS) is 23.9. The molecule has 106 valence electrons. The molecule has 0 aromatic heterocycles. The minimum absolute atomic E-state index is 0.237. The van der Waals surface area contributed by atoms with Crippen LogP contribution >= 0.6 is 0 Å². The molecule has 1 fully saturated rings. The summed E-state index contributed by atoms with van der Waals surface area (Å²) in [6.45, 7) is 4.00. The maximum Gasteiger partial charge on any atom is 0.220 e. The molecule has 18 heavy (non-hydrogen) atoms. The fourth-order valence-corrected chi connectivity index (χ4v) is 2.66. The van der Waals surface area contributed by atoms with Crippen molar-refractivity contribution in [1.29, 1.82) is 0 Å². The Kier molecular flexibility index (Phi) is 8.06. The highest BCUT2D eigenvalue weighted by atomic mass is 16.1. The van der Waals surface area contributed by atoms with Crippen LogP contribution in [0.1, 0.15) is 64.7 Å². The molecule has 0 spiro atoms. The molecule has 1 rings (SSSR count). The number of hydrogen-bond acceptors (Lipinski definition) is 2. The van der Waals surface area contributed by atoms with Gasteiger partial charge in [0.15, 0.2) is 0 Å². The lowest BCUT2D eigenvalue weighted by Gasteiger charge is -2.26. The van der Waals surface area contributed by atoms with Crippen LogP contribution in [0.15, 0.2) is 0 Å². The number of amides is 1. The van der Waals surface area contributed by atoms with Crippen molar-refractivity contribution in [3.63, 3.8) is 0 Å². The van der Waals surface area contributed by atoms with Crippen LogP contribution < -0.4 is 11.1 Å². The lowest BCUT2D eigenvalue weighted by Crippen LogP contribution is -2.30. The van der Waals surface area contributed by atoms with Gasteiger partial charge >= 0.3 is 0 Å². The van der Waals surface area contributed by atoms with Crippen LogP contribution in [-0.4, -0.2) is 19.0 Å². The van der Waals surface area contributed by atoms with Crippen molar-refractivity contribution in [2.24, 2.45) is 17.6 Å². The summed E-state index contributed by atoms with van der Waals surface area (Å²) in [5, 5.41) is 3.09. The zero-order valence-electron chi connectivity index (χ0n) is 11.9. The fraction of sp³-hybridized carbons (Fsp3) is 0.933. The van der Waals surface area contributed by atoms with E-state index in [0.717, 1.165) is 50.6 Å². The molecule has 1 aliphatic rings. The fourth-order valence-electron chi connectivity index (χ4n) is 2.66. The van der Waals surface area contributed by atoms with Gasteiger partial charge in [0.1, 0.15) is 0 Å². The van der Waals surface area contributed by atoms with E-state index < -0.39 is 0 Å². The highest BCUT2D eigenvalue weighted by molar-refractivity contribution is 5.75. The number of hydrogen-bond donors (Lipinski definition) is 2. The quantitative estimate of drug-likeness (QED) is 0.654. The lowest BCUT2D eigenvalue weighted by molar-refractivity contribution is -0.121. The highest BCUT2D eigenvalue weighted by Gasteiger charge is 2.18. The SMILES string of the molecule is CC1CCC(CNC(=O)CCCCCCN)CC1. The number of nitrogens with two attached hydrogens (primary N) is 1. The average Bonchev–Trinajstić information content (AvgIpc) is 2.38. The van der Waals surface area contributed by atoms with Gasteiger partial charge in [-0.25, -0.2) is 0 Å². The lowest BCUT2D eigenvalue weighted by atomic mass is 9.83. The van der Waals surface area contributed by atoms with E-state index in [9.17, 15) is 4.79 Å². The molecular weight excluding hydrogens is 224 g/mol. The Balaban J connectivity index is 1.96. The molecule has 0 unspecified atom stereocenters. The molecule has 0 aliphatic heterocycles. The van der Waals surface area contributed by atoms with E-state index in [-0.39, 0.29) is 5.91 Å². The summed E-state index contributed by atoms with van der Waals surface area (Å²) in [6, 6.07) is 0. The van der Waals surface area contributed by atoms with E-state index in [2.05, 4.69) is 12.2 Å². The molecule has 0 aromatic rings. The Morgan fingerprint density at radius 2 is 1.78 bits per heavy atom. The molecule has 0 radical (unpaired) electrons. The molecule has 0 saturated heterocycles. The number of unbranched alkanes of at least 4 members (excludes halogenated alkanes) is 3. The number of rotatable bonds is 8. The van der Waals surface area contributed by atoms with Crippen LogP contribution in [0.25, 0.3) is 0 Å². The smallest absolute Gasteiger partial charge is 0.220 e. The Hall–Kier alpha value is -0.570. The Bertz CT molecular complexity index is 223. The molecule has 3 N–H and O–H groups in total. The van der Waals surface area contributed by atoms with Gasteiger partial charge in [0.2, 0.25) is 5.91 Å². The first-order valence-electron chi connectivity index (χ1n) is 7.69. The first-order valence-corrected chi connectivity index (χ1v) is 7.69. The summed E-state index contributed by atoms with van der Waals surface area (Å²) in [4.78, 5) is 11.6. The number of nitrogens with one attached hydrogen (secondary N) is 1. The largest absolute Gasteiger partial charge is 0.356 e. The van der Waals surface area contributed by atoms with Crippen LogP contribution in [0.3, 0.4) is 0 Å². The Morgan fingerprint density at radius 3 is 2.44 bits per heavy atom. The molecule has 0 bridgehead atoms. The van der Waals surface area contributed by atoms with Crippen molar-refractivity contribution < 1.29 is 4.79 Å². The highest BCUT2D eigenvalue weighted by Crippen LogP contribution is 2.27. The molecular formula is C15H30N2O. The summed E-state index contributed by atoms with van der Waals surface area (Å²) in [6.07, 6.45) is 10.3. The Morgan fingerprint density at radius 1 is 1.11 bits per heavy atom. The maximum absolute atomic E-state index is 11.6. The van der Waals surface area contributed by atoms with Crippen molar-refractivity contribution in [3.05, 3.63) is 0 Å². The van der Waals surface area contributed by atoms with Crippen LogP contribution in [0.4, 0.5) is 0 Å². The summed E-state index contributed by atoms with van der Waals surface area (Å²) >= 11 is 0. The van der Waals surface area contributed by atoms with Gasteiger partial charge in [0, 0.05) is 13.0 Å². The number of carbonyl (C=O) groups is 1. The summed E-state index contributed by atoms with van der Waals surface area (Å²) in [5.74, 6) is 1.85. The topological polar surface area (TPSA) is 55.1 Å². The average molecular weight is 254 g/mol. The van der Waals surface area contributed by atoms with Gasteiger partial charge in [0.25, 0.3) is 0 Å². The third-order valence-electron chi connectivity index (χ3n) is 4.08. The molecule has 1 amide bonds. The van der Waals surface area contributed by atoms with Crippen LogP contribution in [0, 0.1) is 11.8 Å². The van der Waals surface area contributed by atoms with Crippen molar-refractivity contribution in [2.45, 2.75) is 64.7 Å². The van der Waals surface area contributed by atoms with Crippen LogP contribution in [0.2, 0.25) is 0 Å². The van der Waals surface area contributed by atoms with Gasteiger partial charge in [-0.15, -0.1) is 0 Å². The van der Waals surface area contributed by atoms with Crippen LogP contribution in [0.5, 0.6) is 0 Å². The van der Waals surface area contributed by atoms with Crippen molar-refractivity contribution in [2.75, 3.05) is 13.1 Å². The van der Waals surface area contributed by atoms with E-state index in [4.69, 9.17) is 5.73 Å². The predicted molar refractivity (Wildman–Crippen MR) is 76.3 cm³/mol. The molecule has 3 heteroatoms. The summed E-state index contributed by atoms with van der Waals surface area (Å²) in [5.41, 5.74) is 5.43. The zero-order chi connectivity index (χ0) is 13.2. The van der Waals surface area contributed by atoms with Gasteiger partial charge in [-0.2, -0.15) is 0 Å². The third kappa shape index (κ3) is 7.00. The van der Waals surface area contributed by atoms with E-state index in [0.29, 0.717) is 6.42 Å². The molecule has 1 saturated carbocycles. The first-order chi connectivity index (χ1) is 8.72. The summed E-state index contributed by atoms with van der Waals surface area (Å²) in [7, 11) is 0. The molecule has 0 aromatic carbocycles. The second-order valence-electron chi connectivity index (χ2n) is 5.88. The maximum atomic E-state index is 11.6. The van der Waals surface area contributed by atoms with Gasteiger partial charge in [0.05, 0.1) is 0 Å². The molecule has 1 aliphatic carbocycles. The Labute approximate surface area is 112 Å². The second-order valence-corrected chi connectivity index (χ2v) is 5.88. The van der Waals surface area contributed by atoms with Crippen molar-refractivity contribution in [1.82, 2.24) is 5.32 Å². The minimum atomic E-state index is 0.237. The van der Waals surface area contributed by atoms with Gasteiger partial charge in [-0.3, -0.25) is 4.79 Å². The predicted octanol–water partition coefficient (Wildman–Crippen LogP) is 2.84. The van der Waals surface area contributed by atoms with E-state index in [1.807, 2.05) is 0 Å². The third-order valence-corrected chi connectivity index (χ3v) is 4.08. The first kappa shape index (κ1) is 15.5. The number of carbonyl (C=O) groups excluding carboxylic acids is 1. The van der Waals surface area contributed by atoms with Crippen molar-refractivity contribution >= 4 is 5.91 Å². The van der Waals surface area contributed by atoms with Gasteiger partial charge in [-0.1, -0.05) is 32.6 Å². The molecule has 0 atom stereocenters. The standard InChI is InChI=1S/C15H30N2O/c1-13-7-9-14(10-8-13)12-17-15(18)6-4-2-3-5-11-16/h13-14H,2-12,16H2,1H3,(H,17,18). The zero-order valence-corrected chi connectivity index (χ0v) is 11.9. The minimum Gasteiger partial charge on any atom is -0.356 e. The molecule has 3 nitrogen and oxygen atoms in total. The second kappa shape index (κ2) is 9.37.